The Labute approximate surface area is 168 Å². The maximum atomic E-state index is 12.7. The molecule has 2 N–H and O–H groups in total. The van der Waals surface area contributed by atoms with Crippen LogP contribution in [0, 0.1) is 6.92 Å². The molecule has 0 saturated carbocycles. The highest BCUT2D eigenvalue weighted by Gasteiger charge is 2.42. The molecule has 1 unspecified atom stereocenters. The van der Waals surface area contributed by atoms with Gasteiger partial charge in [-0.1, -0.05) is 5.16 Å². The summed E-state index contributed by atoms with van der Waals surface area (Å²) in [4.78, 5) is 40.9. The third-order valence-corrected chi connectivity index (χ3v) is 5.55. The predicted molar refractivity (Wildman–Crippen MR) is 98.7 cm³/mol. The highest BCUT2D eigenvalue weighted by Crippen LogP contribution is 2.31. The van der Waals surface area contributed by atoms with Crippen molar-refractivity contribution in [1.29, 1.82) is 0 Å². The van der Waals surface area contributed by atoms with E-state index in [1.54, 1.807) is 0 Å². The van der Waals surface area contributed by atoms with Gasteiger partial charge in [-0.3, -0.25) is 19.3 Å². The minimum absolute atomic E-state index is 0.0299. The van der Waals surface area contributed by atoms with Gasteiger partial charge in [0, 0.05) is 32.6 Å². The van der Waals surface area contributed by atoms with Crippen LogP contribution in [-0.2, 0) is 25.7 Å². The number of ether oxygens (including phenoxy) is 1. The van der Waals surface area contributed by atoms with Crippen LogP contribution in [-0.4, -0.2) is 87.8 Å². The van der Waals surface area contributed by atoms with Crippen molar-refractivity contribution in [2.45, 2.75) is 50.8 Å². The van der Waals surface area contributed by atoms with E-state index in [0.717, 1.165) is 25.9 Å². The molecule has 3 fully saturated rings. The van der Waals surface area contributed by atoms with Crippen LogP contribution < -0.4 is 5.32 Å². The van der Waals surface area contributed by atoms with Gasteiger partial charge in [0.25, 0.3) is 6.47 Å². The molecule has 1 aromatic heterocycles. The van der Waals surface area contributed by atoms with Crippen molar-refractivity contribution in [3.63, 3.8) is 0 Å². The smallest absolute Gasteiger partial charge is 0.290 e. The van der Waals surface area contributed by atoms with Crippen LogP contribution >= 0.6 is 0 Å². The molecule has 11 nitrogen and oxygen atoms in total. The number of nitrogens with one attached hydrogen (secondary N) is 1. The lowest BCUT2D eigenvalue weighted by molar-refractivity contribution is -0.161. The third-order valence-electron chi connectivity index (χ3n) is 5.55. The van der Waals surface area contributed by atoms with Crippen molar-refractivity contribution in [3.8, 4) is 0 Å². The van der Waals surface area contributed by atoms with E-state index < -0.39 is 0 Å². The number of aromatic nitrogens is 2. The molecule has 0 aromatic carbocycles. The van der Waals surface area contributed by atoms with Gasteiger partial charge in [-0.15, -0.1) is 0 Å². The van der Waals surface area contributed by atoms with Crippen LogP contribution in [0.5, 0.6) is 0 Å². The molecular formula is C18H27N5O6. The summed E-state index contributed by atoms with van der Waals surface area (Å²) in [5.41, 5.74) is -0.280. The molecule has 11 heteroatoms. The molecule has 1 spiro atoms. The molecule has 3 saturated heterocycles. The standard InChI is InChI=1S/C17H25N5O4.CH2O2/c1-12-18-15(26-20-12)10-21-6-4-17(5-7-21)11-22(8-9-25-17)16(24)13-2-3-14(23)19-13;2-1-3/h13H,2-11H2,1H3,(H,19,23);1H,(H,2,3). The Morgan fingerprint density at radius 3 is 2.69 bits per heavy atom. The average molecular weight is 409 g/mol. The van der Waals surface area contributed by atoms with Gasteiger partial charge in [-0.2, -0.15) is 4.98 Å². The number of hydrogen-bond acceptors (Lipinski definition) is 8. The van der Waals surface area contributed by atoms with E-state index in [9.17, 15) is 9.59 Å². The van der Waals surface area contributed by atoms with Gasteiger partial charge in [-0.25, -0.2) is 0 Å². The van der Waals surface area contributed by atoms with Gasteiger partial charge in [0.05, 0.1) is 18.8 Å². The number of likely N-dealkylation sites (tertiary alicyclic amines) is 1. The fourth-order valence-electron chi connectivity index (χ4n) is 4.07. The van der Waals surface area contributed by atoms with Crippen molar-refractivity contribution in [2.75, 3.05) is 32.8 Å². The van der Waals surface area contributed by atoms with Gasteiger partial charge in [0.15, 0.2) is 5.82 Å². The third kappa shape index (κ3) is 5.30. The van der Waals surface area contributed by atoms with Crippen LogP contribution in [0.1, 0.15) is 37.4 Å². The first-order valence-corrected chi connectivity index (χ1v) is 9.76. The van der Waals surface area contributed by atoms with Gasteiger partial charge >= 0.3 is 0 Å². The second-order valence-electron chi connectivity index (χ2n) is 7.57. The summed E-state index contributed by atoms with van der Waals surface area (Å²) >= 11 is 0. The van der Waals surface area contributed by atoms with Gasteiger partial charge < -0.3 is 24.6 Å². The predicted octanol–water partition coefficient (Wildman–Crippen LogP) is -0.449. The molecule has 29 heavy (non-hydrogen) atoms. The van der Waals surface area contributed by atoms with Gasteiger partial charge in [-0.05, 0) is 26.2 Å². The molecule has 0 radical (unpaired) electrons. The van der Waals surface area contributed by atoms with E-state index in [2.05, 4.69) is 20.4 Å². The number of nitrogens with zero attached hydrogens (tertiary/aromatic N) is 4. The summed E-state index contributed by atoms with van der Waals surface area (Å²) in [6.07, 6.45) is 2.76. The first-order chi connectivity index (χ1) is 13.9. The highest BCUT2D eigenvalue weighted by molar-refractivity contribution is 5.90. The monoisotopic (exact) mass is 409 g/mol. The Morgan fingerprint density at radius 2 is 2.10 bits per heavy atom. The summed E-state index contributed by atoms with van der Waals surface area (Å²) in [7, 11) is 0. The molecule has 0 bridgehead atoms. The number of carboxylic acid groups (broad SMARTS) is 1. The van der Waals surface area contributed by atoms with E-state index >= 15 is 0 Å². The van der Waals surface area contributed by atoms with Gasteiger partial charge in [0.1, 0.15) is 6.04 Å². The molecule has 2 amide bonds. The largest absolute Gasteiger partial charge is 0.483 e. The second kappa shape index (κ2) is 9.31. The van der Waals surface area contributed by atoms with Crippen LogP contribution in [0.4, 0.5) is 0 Å². The molecule has 160 valence electrons. The summed E-state index contributed by atoms with van der Waals surface area (Å²) in [5, 5.41) is 13.5. The summed E-state index contributed by atoms with van der Waals surface area (Å²) in [6.45, 7) is 5.69. The lowest BCUT2D eigenvalue weighted by Crippen LogP contribution is -2.60. The SMILES string of the molecule is Cc1noc(CN2CCC3(CC2)CN(C(=O)C2CCC(=O)N2)CCO3)n1.O=CO. The molecule has 4 heterocycles. The van der Waals surface area contributed by atoms with E-state index in [4.69, 9.17) is 19.2 Å². The number of piperidine rings is 1. The number of amides is 2. The first-order valence-electron chi connectivity index (χ1n) is 9.76. The number of hydrogen-bond donors (Lipinski definition) is 2. The van der Waals surface area contributed by atoms with Crippen molar-refractivity contribution < 1.29 is 28.8 Å². The Hall–Kier alpha value is -2.53. The molecule has 1 aromatic rings. The Bertz CT molecular complexity index is 730. The Balaban J connectivity index is 0.000000755. The zero-order valence-electron chi connectivity index (χ0n) is 16.5. The van der Waals surface area contributed by atoms with Crippen LogP contribution in [0.25, 0.3) is 0 Å². The summed E-state index contributed by atoms with van der Waals surface area (Å²) < 4.78 is 11.3. The quantitative estimate of drug-likeness (QED) is 0.636. The van der Waals surface area contributed by atoms with E-state index in [1.165, 1.54) is 0 Å². The fourth-order valence-corrected chi connectivity index (χ4v) is 4.07. The zero-order chi connectivity index (χ0) is 20.9. The van der Waals surface area contributed by atoms with Crippen molar-refractivity contribution in [3.05, 3.63) is 11.7 Å². The summed E-state index contributed by atoms with van der Waals surface area (Å²) in [6, 6.07) is -0.362. The molecule has 3 aliphatic heterocycles. The van der Waals surface area contributed by atoms with Gasteiger partial charge in [0.2, 0.25) is 17.7 Å². The molecule has 0 aliphatic carbocycles. The van der Waals surface area contributed by atoms with E-state index in [-0.39, 0.29) is 29.9 Å². The maximum absolute atomic E-state index is 12.7. The number of rotatable bonds is 3. The molecule has 1 atom stereocenters. The normalized spacial score (nSPS) is 24.0. The average Bonchev–Trinajstić information content (AvgIpc) is 3.32. The Kier molecular flexibility index (Phi) is 6.80. The minimum Gasteiger partial charge on any atom is -0.483 e. The van der Waals surface area contributed by atoms with E-state index in [0.29, 0.717) is 50.8 Å². The minimum atomic E-state index is -0.362. The molecule has 3 aliphatic rings. The van der Waals surface area contributed by atoms with Crippen molar-refractivity contribution in [2.24, 2.45) is 0 Å². The van der Waals surface area contributed by atoms with Crippen LogP contribution in [0.3, 0.4) is 0 Å². The van der Waals surface area contributed by atoms with Crippen molar-refractivity contribution >= 4 is 18.3 Å². The number of carbonyl (C=O) groups excluding carboxylic acids is 2. The van der Waals surface area contributed by atoms with Crippen LogP contribution in [0.2, 0.25) is 0 Å². The highest BCUT2D eigenvalue weighted by atomic mass is 16.5. The second-order valence-corrected chi connectivity index (χ2v) is 7.57. The maximum Gasteiger partial charge on any atom is 0.290 e. The topological polar surface area (TPSA) is 138 Å². The summed E-state index contributed by atoms with van der Waals surface area (Å²) in [5.74, 6) is 1.28. The first kappa shape index (κ1) is 21.2. The van der Waals surface area contributed by atoms with Crippen LogP contribution in [0.15, 0.2) is 4.52 Å². The van der Waals surface area contributed by atoms with Crippen molar-refractivity contribution in [1.82, 2.24) is 25.3 Å². The molecule has 4 rings (SSSR count). The molecular weight excluding hydrogens is 382 g/mol. The number of aryl methyl sites for hydroxylation is 1. The fraction of sp³-hybridized carbons (Fsp3) is 0.722. The Morgan fingerprint density at radius 1 is 1.38 bits per heavy atom. The van der Waals surface area contributed by atoms with E-state index in [1.807, 2.05) is 11.8 Å². The number of morpholine rings is 1. The zero-order valence-corrected chi connectivity index (χ0v) is 16.5. The lowest BCUT2D eigenvalue weighted by atomic mass is 9.89. The lowest BCUT2D eigenvalue weighted by Gasteiger charge is -2.47. The number of carbonyl (C=O) groups is 3.